The topological polar surface area (TPSA) is 99.3 Å². The van der Waals surface area contributed by atoms with Crippen molar-refractivity contribution < 1.29 is 14.5 Å². The summed E-state index contributed by atoms with van der Waals surface area (Å²) >= 11 is 1.25. The van der Waals surface area contributed by atoms with Crippen LogP contribution in [0.2, 0.25) is 0 Å². The second kappa shape index (κ2) is 9.47. The van der Waals surface area contributed by atoms with Gasteiger partial charge in [-0.2, -0.15) is 0 Å². The summed E-state index contributed by atoms with van der Waals surface area (Å²) in [6.07, 6.45) is 0. The van der Waals surface area contributed by atoms with E-state index in [1.165, 1.54) is 23.9 Å². The van der Waals surface area contributed by atoms with Crippen LogP contribution in [0.4, 0.5) is 11.4 Å². The molecule has 0 saturated heterocycles. The number of fused-ring (bicyclic) bond motifs is 2. The van der Waals surface area contributed by atoms with Crippen molar-refractivity contribution >= 4 is 50.8 Å². The van der Waals surface area contributed by atoms with Crippen molar-refractivity contribution in [3.05, 3.63) is 95.0 Å². The van der Waals surface area contributed by atoms with Crippen LogP contribution in [0.3, 0.4) is 0 Å². The Morgan fingerprint density at radius 2 is 1.83 bits per heavy atom. The van der Waals surface area contributed by atoms with Crippen LogP contribution in [-0.2, 0) is 4.79 Å². The average molecular weight is 485 g/mol. The largest absolute Gasteiger partial charge is 0.495 e. The summed E-state index contributed by atoms with van der Waals surface area (Å²) in [5.41, 5.74) is 2.55. The second-order valence-corrected chi connectivity index (χ2v) is 8.64. The lowest BCUT2D eigenvalue weighted by Crippen LogP contribution is -2.14. The van der Waals surface area contributed by atoms with Gasteiger partial charge in [0.05, 0.1) is 34.5 Å². The van der Waals surface area contributed by atoms with Gasteiger partial charge in [0.1, 0.15) is 5.75 Å². The van der Waals surface area contributed by atoms with Gasteiger partial charge in [0.15, 0.2) is 5.16 Å². The van der Waals surface area contributed by atoms with Crippen molar-refractivity contribution in [3.63, 3.8) is 0 Å². The van der Waals surface area contributed by atoms with Crippen LogP contribution < -0.4 is 10.1 Å². The number of anilines is 1. The molecule has 1 aromatic heterocycles. The molecule has 9 heteroatoms. The highest BCUT2D eigenvalue weighted by atomic mass is 32.2. The normalized spacial score (nSPS) is 11.0. The summed E-state index contributed by atoms with van der Waals surface area (Å²) in [6.45, 7) is 0. The summed E-state index contributed by atoms with van der Waals surface area (Å²) in [4.78, 5) is 28.3. The first-order valence-corrected chi connectivity index (χ1v) is 11.7. The SMILES string of the molecule is COc1ccccc1-n1c(SCC(=O)Nc2cccc3ccccc23)nc2cc([N+](=O)[O-])ccc21. The predicted molar refractivity (Wildman–Crippen MR) is 138 cm³/mol. The number of thioether (sulfide) groups is 1. The number of rotatable bonds is 7. The molecule has 0 aliphatic carbocycles. The number of imidazole rings is 1. The van der Waals surface area contributed by atoms with Gasteiger partial charge < -0.3 is 10.1 Å². The Hall–Kier alpha value is -4.37. The molecule has 0 aliphatic heterocycles. The molecule has 0 atom stereocenters. The molecule has 8 nitrogen and oxygen atoms in total. The van der Waals surface area contributed by atoms with Gasteiger partial charge >= 0.3 is 0 Å². The highest BCUT2D eigenvalue weighted by Crippen LogP contribution is 2.34. The maximum atomic E-state index is 12.9. The zero-order chi connectivity index (χ0) is 24.4. The zero-order valence-corrected chi connectivity index (χ0v) is 19.5. The number of non-ortho nitro benzene ring substituents is 1. The van der Waals surface area contributed by atoms with Crippen molar-refractivity contribution in [3.8, 4) is 11.4 Å². The molecule has 1 amide bonds. The number of hydrogen-bond donors (Lipinski definition) is 1. The summed E-state index contributed by atoms with van der Waals surface area (Å²) < 4.78 is 7.39. The fraction of sp³-hybridized carbons (Fsp3) is 0.0769. The third-order valence-corrected chi connectivity index (χ3v) is 6.48. The van der Waals surface area contributed by atoms with Crippen molar-refractivity contribution in [2.75, 3.05) is 18.2 Å². The van der Waals surface area contributed by atoms with Crippen molar-refractivity contribution in [1.29, 1.82) is 0 Å². The first-order valence-electron chi connectivity index (χ1n) is 10.8. The van der Waals surface area contributed by atoms with Crippen LogP contribution >= 0.6 is 11.8 Å². The number of amides is 1. The molecule has 5 aromatic rings. The molecule has 0 fully saturated rings. The monoisotopic (exact) mass is 484 g/mol. The molecule has 0 radical (unpaired) electrons. The Balaban J connectivity index is 1.48. The number of hydrogen-bond acceptors (Lipinski definition) is 6. The summed E-state index contributed by atoms with van der Waals surface area (Å²) in [5.74, 6) is 0.534. The lowest BCUT2D eigenvalue weighted by Gasteiger charge is -2.13. The number of nitro benzene ring substituents is 1. The summed E-state index contributed by atoms with van der Waals surface area (Å²) in [7, 11) is 1.58. The van der Waals surface area contributed by atoms with Crippen LogP contribution in [0.15, 0.2) is 90.1 Å². The van der Waals surface area contributed by atoms with Crippen molar-refractivity contribution in [2.45, 2.75) is 5.16 Å². The molecule has 0 bridgehead atoms. The van der Waals surface area contributed by atoms with Gasteiger partial charge in [-0.3, -0.25) is 19.5 Å². The van der Waals surface area contributed by atoms with E-state index in [0.29, 0.717) is 21.9 Å². The first kappa shape index (κ1) is 22.4. The zero-order valence-electron chi connectivity index (χ0n) is 18.7. The Kier molecular flexibility index (Phi) is 6.07. The molecule has 0 spiro atoms. The van der Waals surface area contributed by atoms with Crippen LogP contribution in [-0.4, -0.2) is 33.2 Å². The molecule has 5 rings (SSSR count). The van der Waals surface area contributed by atoms with Gasteiger partial charge in [0.2, 0.25) is 5.91 Å². The smallest absolute Gasteiger partial charge is 0.271 e. The quantitative estimate of drug-likeness (QED) is 0.177. The molecular formula is C26H20N4O4S. The van der Waals surface area contributed by atoms with E-state index in [0.717, 1.165) is 22.1 Å². The molecule has 1 N–H and O–H groups in total. The van der Waals surface area contributed by atoms with E-state index in [1.807, 2.05) is 71.3 Å². The lowest BCUT2D eigenvalue weighted by atomic mass is 10.1. The molecule has 174 valence electrons. The van der Waals surface area contributed by atoms with E-state index in [2.05, 4.69) is 10.3 Å². The molecule has 4 aromatic carbocycles. The maximum Gasteiger partial charge on any atom is 0.271 e. The Morgan fingerprint density at radius 3 is 2.66 bits per heavy atom. The van der Waals surface area contributed by atoms with Gasteiger partial charge in [0, 0.05) is 23.2 Å². The van der Waals surface area contributed by atoms with Crippen molar-refractivity contribution in [1.82, 2.24) is 9.55 Å². The highest BCUT2D eigenvalue weighted by Gasteiger charge is 2.19. The van der Waals surface area contributed by atoms with Crippen LogP contribution in [0.25, 0.3) is 27.5 Å². The number of nitro groups is 1. The minimum atomic E-state index is -0.452. The van der Waals surface area contributed by atoms with Gasteiger partial charge in [-0.15, -0.1) is 0 Å². The second-order valence-electron chi connectivity index (χ2n) is 7.70. The lowest BCUT2D eigenvalue weighted by molar-refractivity contribution is -0.384. The van der Waals surface area contributed by atoms with Crippen LogP contribution in [0.5, 0.6) is 5.75 Å². The number of carbonyl (C=O) groups is 1. The van der Waals surface area contributed by atoms with E-state index in [-0.39, 0.29) is 17.3 Å². The number of ether oxygens (including phenoxy) is 1. The standard InChI is InChI=1S/C26H20N4O4S/c1-34-24-12-5-4-11-23(24)29-22-14-13-18(30(32)33)15-21(22)28-26(29)35-16-25(31)27-20-10-6-8-17-7-2-3-9-19(17)20/h2-15H,16H2,1H3,(H,27,31). The van der Waals surface area contributed by atoms with Gasteiger partial charge in [-0.05, 0) is 29.7 Å². The van der Waals surface area contributed by atoms with E-state index in [1.54, 1.807) is 13.2 Å². The molecule has 0 unspecified atom stereocenters. The number of benzene rings is 4. The molecule has 35 heavy (non-hydrogen) atoms. The van der Waals surface area contributed by atoms with E-state index < -0.39 is 4.92 Å². The fourth-order valence-corrected chi connectivity index (χ4v) is 4.78. The Labute approximate surface area is 204 Å². The molecule has 1 heterocycles. The third kappa shape index (κ3) is 4.41. The number of para-hydroxylation sites is 2. The molecule has 0 saturated carbocycles. The first-order chi connectivity index (χ1) is 17.0. The number of nitrogens with zero attached hydrogens (tertiary/aromatic N) is 3. The van der Waals surface area contributed by atoms with Crippen molar-refractivity contribution in [2.24, 2.45) is 0 Å². The number of aromatic nitrogens is 2. The van der Waals surface area contributed by atoms with E-state index in [9.17, 15) is 14.9 Å². The van der Waals surface area contributed by atoms with Gasteiger partial charge in [0.25, 0.3) is 5.69 Å². The van der Waals surface area contributed by atoms with Crippen LogP contribution in [0.1, 0.15) is 0 Å². The predicted octanol–water partition coefficient (Wildman–Crippen LogP) is 5.83. The average Bonchev–Trinajstić information content (AvgIpc) is 3.25. The minimum Gasteiger partial charge on any atom is -0.495 e. The minimum absolute atomic E-state index is 0.0487. The van der Waals surface area contributed by atoms with Gasteiger partial charge in [-0.25, -0.2) is 4.98 Å². The Bertz CT molecular complexity index is 1580. The van der Waals surface area contributed by atoms with Crippen LogP contribution in [0, 0.1) is 10.1 Å². The van der Waals surface area contributed by atoms with E-state index in [4.69, 9.17) is 4.74 Å². The van der Waals surface area contributed by atoms with E-state index >= 15 is 0 Å². The number of methoxy groups -OCH3 is 1. The number of nitrogens with one attached hydrogen (secondary N) is 1. The molecule has 0 aliphatic rings. The highest BCUT2D eigenvalue weighted by molar-refractivity contribution is 7.99. The summed E-state index contributed by atoms with van der Waals surface area (Å²) in [6, 6.07) is 25.6. The maximum absolute atomic E-state index is 12.9. The third-order valence-electron chi connectivity index (χ3n) is 5.54. The summed E-state index contributed by atoms with van der Waals surface area (Å²) in [5, 5.41) is 16.8. The molecular weight excluding hydrogens is 464 g/mol. The van der Waals surface area contributed by atoms with Gasteiger partial charge in [-0.1, -0.05) is 60.3 Å². The number of carbonyl (C=O) groups excluding carboxylic acids is 1. The Morgan fingerprint density at radius 1 is 1.06 bits per heavy atom. The fourth-order valence-electron chi connectivity index (χ4n) is 3.96.